The number of carbonyl (C=O) groups excluding carboxylic acids is 3. The number of fused-ring (bicyclic) bond motifs is 4. The maximum Gasteiger partial charge on any atom is 0.255 e. The summed E-state index contributed by atoms with van der Waals surface area (Å²) in [6.45, 7) is 5.61. The van der Waals surface area contributed by atoms with E-state index in [-0.39, 0.29) is 24.3 Å². The minimum absolute atomic E-state index is 0.163. The second-order valence-corrected chi connectivity index (χ2v) is 15.1. The van der Waals surface area contributed by atoms with Crippen LogP contribution in [0.4, 0.5) is 5.69 Å². The fourth-order valence-electron chi connectivity index (χ4n) is 7.34. The van der Waals surface area contributed by atoms with Crippen molar-refractivity contribution in [1.82, 2.24) is 25.0 Å². The summed E-state index contributed by atoms with van der Waals surface area (Å²) < 4.78 is 2.09. The maximum absolute atomic E-state index is 13.1. The van der Waals surface area contributed by atoms with Crippen LogP contribution >= 0.6 is 22.9 Å². The van der Waals surface area contributed by atoms with Gasteiger partial charge in [-0.15, -0.1) is 21.5 Å². The van der Waals surface area contributed by atoms with E-state index in [9.17, 15) is 14.4 Å². The molecule has 2 aromatic carbocycles. The number of dihydropyridines is 1. The number of hydrogen-bond donors (Lipinski definition) is 2. The Morgan fingerprint density at radius 1 is 1.06 bits per heavy atom. The van der Waals surface area contributed by atoms with Crippen molar-refractivity contribution < 1.29 is 14.4 Å². The van der Waals surface area contributed by atoms with Crippen LogP contribution in [0.15, 0.2) is 64.1 Å². The predicted octanol–water partition coefficient (Wildman–Crippen LogP) is 6.11. The molecule has 4 aliphatic rings. The van der Waals surface area contributed by atoms with Crippen molar-refractivity contribution in [2.75, 3.05) is 11.9 Å². The van der Waals surface area contributed by atoms with Crippen molar-refractivity contribution in [3.63, 3.8) is 0 Å². The maximum atomic E-state index is 13.1. The van der Waals surface area contributed by atoms with Gasteiger partial charge in [0.15, 0.2) is 5.82 Å². The predicted molar refractivity (Wildman–Crippen MR) is 206 cm³/mol. The van der Waals surface area contributed by atoms with Crippen LogP contribution < -0.4 is 10.6 Å². The zero-order valence-electron chi connectivity index (χ0n) is 29.4. The first-order valence-corrected chi connectivity index (χ1v) is 19.1. The van der Waals surface area contributed by atoms with Gasteiger partial charge in [0, 0.05) is 64.3 Å². The smallest absolute Gasteiger partial charge is 0.255 e. The van der Waals surface area contributed by atoms with E-state index in [0.29, 0.717) is 30.1 Å². The minimum Gasteiger partial charge on any atom is -0.385 e. The summed E-state index contributed by atoms with van der Waals surface area (Å²) in [5.74, 6) is 7.57. The lowest BCUT2D eigenvalue weighted by Crippen LogP contribution is -2.52. The van der Waals surface area contributed by atoms with Gasteiger partial charge in [-0.1, -0.05) is 47.7 Å². The molecule has 1 fully saturated rings. The van der Waals surface area contributed by atoms with E-state index in [1.165, 1.54) is 0 Å². The number of nitrogens with zero attached hydrogens (tertiary/aromatic N) is 6. The first-order chi connectivity index (χ1) is 25.7. The molecule has 3 amide bonds. The molecular weight excluding hydrogens is 708 g/mol. The summed E-state index contributed by atoms with van der Waals surface area (Å²) in [5.41, 5.74) is 7.36. The average molecular weight is 745 g/mol. The third-order valence-electron chi connectivity index (χ3n) is 10.2. The average Bonchev–Trinajstić information content (AvgIpc) is 3.76. The molecule has 0 bridgehead atoms. The molecule has 6 heterocycles. The van der Waals surface area contributed by atoms with E-state index in [2.05, 4.69) is 50.2 Å². The summed E-state index contributed by atoms with van der Waals surface area (Å²) in [6.07, 6.45) is 8.43. The summed E-state index contributed by atoms with van der Waals surface area (Å²) in [7, 11) is 0. The molecule has 13 heteroatoms. The molecule has 8 rings (SSSR count). The van der Waals surface area contributed by atoms with Gasteiger partial charge in [-0.25, -0.2) is 0 Å². The number of rotatable bonds is 8. The molecule has 2 N–H and O–H groups in total. The topological polar surface area (TPSA) is 134 Å². The highest BCUT2D eigenvalue weighted by atomic mass is 35.5. The molecule has 268 valence electrons. The van der Waals surface area contributed by atoms with Gasteiger partial charge in [0.25, 0.3) is 5.91 Å². The second kappa shape index (κ2) is 14.6. The number of allylic oxidation sites excluding steroid dienone is 1. The fraction of sp³-hybridized carbons (Fsp3) is 0.325. The highest BCUT2D eigenvalue weighted by molar-refractivity contribution is 7.15. The van der Waals surface area contributed by atoms with Gasteiger partial charge in [0.1, 0.15) is 23.4 Å². The molecular formula is C40H37ClN8O3S. The number of hydrogen-bond acceptors (Lipinski definition) is 9. The van der Waals surface area contributed by atoms with Crippen LogP contribution in [-0.4, -0.2) is 67.9 Å². The number of thiophene rings is 1. The Bertz CT molecular complexity index is 2310. The largest absolute Gasteiger partial charge is 0.385 e. The molecule has 0 spiro atoms. The number of amides is 3. The van der Waals surface area contributed by atoms with Gasteiger partial charge in [0.05, 0.1) is 16.6 Å². The van der Waals surface area contributed by atoms with Crippen molar-refractivity contribution in [2.45, 2.75) is 77.5 Å². The van der Waals surface area contributed by atoms with Gasteiger partial charge >= 0.3 is 0 Å². The van der Waals surface area contributed by atoms with Crippen LogP contribution in [-0.2, 0) is 22.7 Å². The normalized spacial score (nSPS) is 19.0. The van der Waals surface area contributed by atoms with Crippen LogP contribution in [0, 0.1) is 25.7 Å². The van der Waals surface area contributed by atoms with Crippen molar-refractivity contribution in [3.8, 4) is 16.8 Å². The Labute approximate surface area is 316 Å². The standard InChI is InChI=1S/C40H37ClN8O3S/c1-23-33(53-40-36(23)37(26-11-13-27(41)14-12-26)44-21-34-47-46-24(2)49(34)40)17-10-25-9-15-28(43-20-25)6-3-4-19-42-31-8-5-7-29-30(31)22-48(39(29)52)32-16-18-35(50)45-38(32)51/h5,7-9,11-14,20,28,32,42H,3-4,6,15-16,18-19,21-22H2,1-2H3,(H,45,50,51). The molecule has 2 aromatic heterocycles. The highest BCUT2D eigenvalue weighted by Gasteiger charge is 2.40. The van der Waals surface area contributed by atoms with Crippen LogP contribution in [0.3, 0.4) is 0 Å². The molecule has 4 aliphatic heterocycles. The number of unbranched alkanes of at least 4 members (excludes halogenated alkanes) is 1. The summed E-state index contributed by atoms with van der Waals surface area (Å²) >= 11 is 7.84. The molecule has 0 aliphatic carbocycles. The number of piperidine rings is 1. The molecule has 53 heavy (non-hydrogen) atoms. The lowest BCUT2D eigenvalue weighted by Gasteiger charge is -2.29. The lowest BCUT2D eigenvalue weighted by molar-refractivity contribution is -0.136. The molecule has 2 atom stereocenters. The third-order valence-corrected chi connectivity index (χ3v) is 11.6. The van der Waals surface area contributed by atoms with Gasteiger partial charge in [-0.3, -0.25) is 34.3 Å². The summed E-state index contributed by atoms with van der Waals surface area (Å²) in [4.78, 5) is 49.5. The van der Waals surface area contributed by atoms with Crippen molar-refractivity contribution in [1.29, 1.82) is 0 Å². The monoisotopic (exact) mass is 744 g/mol. The highest BCUT2D eigenvalue weighted by Crippen LogP contribution is 2.37. The van der Waals surface area contributed by atoms with Crippen molar-refractivity contribution in [2.24, 2.45) is 9.98 Å². The van der Waals surface area contributed by atoms with Gasteiger partial charge in [-0.05, 0) is 75.8 Å². The van der Waals surface area contributed by atoms with Crippen molar-refractivity contribution in [3.05, 3.63) is 103 Å². The quantitative estimate of drug-likeness (QED) is 0.127. The zero-order valence-corrected chi connectivity index (χ0v) is 31.0. The summed E-state index contributed by atoms with van der Waals surface area (Å²) in [6, 6.07) is 13.0. The lowest BCUT2D eigenvalue weighted by atomic mass is 9.99. The number of aliphatic imine (C=N–C) groups is 2. The number of anilines is 1. The SMILES string of the molecule is Cc1c(C#CC2=CCC(CCCCNc3cccc4c3CN(C3CCC(=O)NC3=O)C4=O)N=C2)sc2c1C(c1ccc(Cl)cc1)=NCc1nnc(C)n1-2. The van der Waals surface area contributed by atoms with E-state index in [0.717, 1.165) is 93.0 Å². The Kier molecular flexibility index (Phi) is 9.53. The molecule has 0 saturated carbocycles. The number of aromatic nitrogens is 3. The van der Waals surface area contributed by atoms with E-state index in [4.69, 9.17) is 21.6 Å². The van der Waals surface area contributed by atoms with Gasteiger partial charge in [-0.2, -0.15) is 0 Å². The number of nitrogens with one attached hydrogen (secondary N) is 2. The molecule has 0 radical (unpaired) electrons. The zero-order chi connectivity index (χ0) is 36.6. The first-order valence-electron chi connectivity index (χ1n) is 17.9. The van der Waals surface area contributed by atoms with E-state index in [1.54, 1.807) is 22.3 Å². The minimum atomic E-state index is -0.621. The van der Waals surface area contributed by atoms with Gasteiger partial charge < -0.3 is 10.2 Å². The van der Waals surface area contributed by atoms with E-state index < -0.39 is 11.9 Å². The molecule has 2 unspecified atom stereocenters. The number of aryl methyl sites for hydroxylation is 1. The molecule has 4 aromatic rings. The fourth-order valence-corrected chi connectivity index (χ4v) is 8.70. The van der Waals surface area contributed by atoms with Gasteiger partial charge in [0.2, 0.25) is 11.8 Å². The Morgan fingerprint density at radius 2 is 1.91 bits per heavy atom. The molecule has 1 saturated heterocycles. The third kappa shape index (κ3) is 6.82. The Hall–Kier alpha value is -5.38. The van der Waals surface area contributed by atoms with Crippen LogP contribution in [0.5, 0.6) is 0 Å². The first kappa shape index (κ1) is 34.7. The Morgan fingerprint density at radius 3 is 2.70 bits per heavy atom. The van der Waals surface area contributed by atoms with Crippen molar-refractivity contribution >= 4 is 58.3 Å². The van der Waals surface area contributed by atoms with Crippen LogP contribution in [0.1, 0.15) is 87.7 Å². The van der Waals surface area contributed by atoms with E-state index >= 15 is 0 Å². The second-order valence-electron chi connectivity index (χ2n) is 13.6. The number of halogens is 1. The summed E-state index contributed by atoms with van der Waals surface area (Å²) in [5, 5.41) is 16.3. The number of benzene rings is 2. The number of imide groups is 1. The molecule has 11 nitrogen and oxygen atoms in total. The van der Waals surface area contributed by atoms with Crippen LogP contribution in [0.25, 0.3) is 5.00 Å². The van der Waals surface area contributed by atoms with E-state index in [1.807, 2.05) is 49.5 Å². The number of carbonyl (C=O) groups is 3. The Balaban J connectivity index is 0.869. The van der Waals surface area contributed by atoms with Crippen LogP contribution in [0.2, 0.25) is 5.02 Å².